The SMILES string of the molecule is CN(CCCOc1ccccc1)C(=O)C1CCN(C(=O)CCOc2ccccc2)CC1. The first kappa shape index (κ1) is 22.7. The van der Waals surface area contributed by atoms with Gasteiger partial charge in [-0.15, -0.1) is 0 Å². The van der Waals surface area contributed by atoms with Crippen LogP contribution in [0.4, 0.5) is 0 Å². The van der Waals surface area contributed by atoms with Crippen molar-refractivity contribution in [1.82, 2.24) is 9.80 Å². The molecule has 2 aromatic rings. The molecule has 1 aliphatic rings. The van der Waals surface area contributed by atoms with Crippen molar-refractivity contribution >= 4 is 11.8 Å². The van der Waals surface area contributed by atoms with E-state index in [9.17, 15) is 9.59 Å². The van der Waals surface area contributed by atoms with Crippen molar-refractivity contribution < 1.29 is 19.1 Å². The van der Waals surface area contributed by atoms with Crippen molar-refractivity contribution in [2.24, 2.45) is 5.92 Å². The Labute approximate surface area is 184 Å². The zero-order valence-electron chi connectivity index (χ0n) is 18.2. The summed E-state index contributed by atoms with van der Waals surface area (Å²) in [6.07, 6.45) is 2.58. The Morgan fingerprint density at radius 3 is 2.03 bits per heavy atom. The summed E-state index contributed by atoms with van der Waals surface area (Å²) < 4.78 is 11.3. The molecule has 6 nitrogen and oxygen atoms in total. The normalized spacial score (nSPS) is 14.2. The predicted octanol–water partition coefficient (Wildman–Crippen LogP) is 3.62. The number of benzene rings is 2. The molecule has 0 unspecified atom stereocenters. The van der Waals surface area contributed by atoms with Crippen LogP contribution in [0.25, 0.3) is 0 Å². The number of amides is 2. The molecule has 2 amide bonds. The minimum absolute atomic E-state index is 0.00957. The minimum atomic E-state index is -0.00957. The Morgan fingerprint density at radius 1 is 0.903 bits per heavy atom. The van der Waals surface area contributed by atoms with Gasteiger partial charge < -0.3 is 19.3 Å². The number of piperidine rings is 1. The van der Waals surface area contributed by atoms with E-state index in [0.717, 1.165) is 30.8 Å². The van der Waals surface area contributed by atoms with E-state index in [1.54, 1.807) is 4.90 Å². The molecule has 1 heterocycles. The predicted molar refractivity (Wildman–Crippen MR) is 120 cm³/mol. The van der Waals surface area contributed by atoms with Gasteiger partial charge >= 0.3 is 0 Å². The molecule has 0 atom stereocenters. The van der Waals surface area contributed by atoms with E-state index in [1.807, 2.05) is 72.6 Å². The molecule has 3 rings (SSSR count). The van der Waals surface area contributed by atoms with Gasteiger partial charge in [0.1, 0.15) is 11.5 Å². The van der Waals surface area contributed by atoms with Gasteiger partial charge in [0, 0.05) is 32.6 Å². The van der Waals surface area contributed by atoms with E-state index in [2.05, 4.69) is 0 Å². The van der Waals surface area contributed by atoms with E-state index < -0.39 is 0 Å². The van der Waals surface area contributed by atoms with Gasteiger partial charge in [-0.25, -0.2) is 0 Å². The van der Waals surface area contributed by atoms with Gasteiger partial charge in [0.15, 0.2) is 0 Å². The topological polar surface area (TPSA) is 59.1 Å². The average Bonchev–Trinajstić information content (AvgIpc) is 2.82. The van der Waals surface area contributed by atoms with Crippen LogP contribution in [0, 0.1) is 5.92 Å². The fourth-order valence-electron chi connectivity index (χ4n) is 3.74. The molecule has 0 saturated carbocycles. The first-order valence-electron chi connectivity index (χ1n) is 11.0. The Balaban J connectivity index is 1.30. The second-order valence-electron chi connectivity index (χ2n) is 7.84. The standard InChI is InChI=1S/C25H32N2O4/c1-26(16-8-19-30-22-9-4-2-5-10-22)25(29)21-13-17-27(18-14-21)24(28)15-20-31-23-11-6-3-7-12-23/h2-7,9-12,21H,8,13-20H2,1H3. The van der Waals surface area contributed by atoms with Gasteiger partial charge in [0.2, 0.25) is 11.8 Å². The second kappa shape index (κ2) is 12.0. The third-order valence-electron chi connectivity index (χ3n) is 5.55. The summed E-state index contributed by atoms with van der Waals surface area (Å²) in [7, 11) is 1.85. The maximum Gasteiger partial charge on any atom is 0.225 e. The monoisotopic (exact) mass is 424 g/mol. The number of likely N-dealkylation sites (tertiary alicyclic amines) is 1. The highest BCUT2D eigenvalue weighted by Gasteiger charge is 2.28. The van der Waals surface area contributed by atoms with Crippen molar-refractivity contribution in [2.45, 2.75) is 25.7 Å². The minimum Gasteiger partial charge on any atom is -0.494 e. The van der Waals surface area contributed by atoms with Gasteiger partial charge in [-0.05, 0) is 43.5 Å². The van der Waals surface area contributed by atoms with Crippen molar-refractivity contribution in [3.8, 4) is 11.5 Å². The van der Waals surface area contributed by atoms with E-state index in [-0.39, 0.29) is 17.7 Å². The molecule has 31 heavy (non-hydrogen) atoms. The lowest BCUT2D eigenvalue weighted by atomic mass is 9.95. The van der Waals surface area contributed by atoms with E-state index in [4.69, 9.17) is 9.47 Å². The molecule has 0 spiro atoms. The molecule has 1 saturated heterocycles. The maximum atomic E-state index is 12.7. The van der Waals surface area contributed by atoms with Gasteiger partial charge in [-0.2, -0.15) is 0 Å². The largest absolute Gasteiger partial charge is 0.494 e. The number of carbonyl (C=O) groups excluding carboxylic acids is 2. The summed E-state index contributed by atoms with van der Waals surface area (Å²) in [6.45, 7) is 2.88. The number of rotatable bonds is 10. The maximum absolute atomic E-state index is 12.7. The lowest BCUT2D eigenvalue weighted by Crippen LogP contribution is -2.44. The van der Waals surface area contributed by atoms with E-state index >= 15 is 0 Å². The highest BCUT2D eigenvalue weighted by atomic mass is 16.5. The van der Waals surface area contributed by atoms with Gasteiger partial charge in [0.25, 0.3) is 0 Å². The van der Waals surface area contributed by atoms with Crippen LogP contribution in [0.5, 0.6) is 11.5 Å². The Bertz CT molecular complexity index is 805. The van der Waals surface area contributed by atoms with Gasteiger partial charge in [-0.3, -0.25) is 9.59 Å². The highest BCUT2D eigenvalue weighted by Crippen LogP contribution is 2.20. The number of para-hydroxylation sites is 2. The van der Waals surface area contributed by atoms with E-state index in [0.29, 0.717) is 39.3 Å². The van der Waals surface area contributed by atoms with Crippen LogP contribution in [-0.4, -0.2) is 61.5 Å². The van der Waals surface area contributed by atoms with Crippen molar-refractivity contribution in [3.05, 3.63) is 60.7 Å². The third-order valence-corrected chi connectivity index (χ3v) is 5.55. The Hall–Kier alpha value is -3.02. The fraction of sp³-hybridized carbons (Fsp3) is 0.440. The highest BCUT2D eigenvalue weighted by molar-refractivity contribution is 5.80. The van der Waals surface area contributed by atoms with Crippen LogP contribution in [0.1, 0.15) is 25.7 Å². The summed E-state index contributed by atoms with van der Waals surface area (Å²) in [6, 6.07) is 19.2. The molecule has 2 aromatic carbocycles. The summed E-state index contributed by atoms with van der Waals surface area (Å²) in [5.74, 6) is 1.87. The lowest BCUT2D eigenvalue weighted by molar-refractivity contribution is -0.140. The number of hydrogen-bond acceptors (Lipinski definition) is 4. The van der Waals surface area contributed by atoms with Crippen LogP contribution in [0.15, 0.2) is 60.7 Å². The molecule has 1 aliphatic heterocycles. The smallest absolute Gasteiger partial charge is 0.225 e. The quantitative estimate of drug-likeness (QED) is 0.547. The summed E-state index contributed by atoms with van der Waals surface area (Å²) in [5.41, 5.74) is 0. The fourth-order valence-corrected chi connectivity index (χ4v) is 3.74. The molecule has 1 fully saturated rings. The third kappa shape index (κ3) is 7.31. The summed E-state index contributed by atoms with van der Waals surface area (Å²) in [4.78, 5) is 28.8. The molecular formula is C25H32N2O4. The van der Waals surface area contributed by atoms with Crippen LogP contribution < -0.4 is 9.47 Å². The molecule has 166 valence electrons. The average molecular weight is 425 g/mol. The van der Waals surface area contributed by atoms with Crippen LogP contribution in [-0.2, 0) is 9.59 Å². The molecule has 6 heteroatoms. The molecule has 0 N–H and O–H groups in total. The molecule has 0 bridgehead atoms. The Morgan fingerprint density at radius 2 is 1.45 bits per heavy atom. The molecular weight excluding hydrogens is 392 g/mol. The zero-order valence-corrected chi connectivity index (χ0v) is 18.2. The number of carbonyl (C=O) groups is 2. The van der Waals surface area contributed by atoms with Crippen molar-refractivity contribution in [3.63, 3.8) is 0 Å². The number of ether oxygens (including phenoxy) is 2. The number of hydrogen-bond donors (Lipinski definition) is 0. The zero-order chi connectivity index (χ0) is 21.9. The summed E-state index contributed by atoms with van der Waals surface area (Å²) in [5, 5.41) is 0. The van der Waals surface area contributed by atoms with Crippen LogP contribution >= 0.6 is 0 Å². The summed E-state index contributed by atoms with van der Waals surface area (Å²) >= 11 is 0. The lowest BCUT2D eigenvalue weighted by Gasteiger charge is -2.33. The van der Waals surface area contributed by atoms with Crippen molar-refractivity contribution in [2.75, 3.05) is 39.9 Å². The molecule has 0 radical (unpaired) electrons. The first-order chi connectivity index (χ1) is 15.1. The van der Waals surface area contributed by atoms with Gasteiger partial charge in [-0.1, -0.05) is 36.4 Å². The van der Waals surface area contributed by atoms with Crippen LogP contribution in [0.2, 0.25) is 0 Å². The molecule has 0 aliphatic carbocycles. The Kier molecular flexibility index (Phi) is 8.76. The van der Waals surface area contributed by atoms with E-state index in [1.165, 1.54) is 0 Å². The number of nitrogens with zero attached hydrogens (tertiary/aromatic N) is 2. The second-order valence-corrected chi connectivity index (χ2v) is 7.84. The van der Waals surface area contributed by atoms with Crippen molar-refractivity contribution in [1.29, 1.82) is 0 Å². The van der Waals surface area contributed by atoms with Gasteiger partial charge in [0.05, 0.1) is 19.6 Å². The first-order valence-corrected chi connectivity index (χ1v) is 11.0. The van der Waals surface area contributed by atoms with Crippen LogP contribution in [0.3, 0.4) is 0 Å². The molecule has 0 aromatic heterocycles.